The van der Waals surface area contributed by atoms with Crippen LogP contribution in [0.15, 0.2) is 42.5 Å². The molecule has 2 heterocycles. The topological polar surface area (TPSA) is 71.6 Å². The fraction of sp³-hybridized carbons (Fsp3) is 0.381. The van der Waals surface area contributed by atoms with Gasteiger partial charge in [0.1, 0.15) is 12.4 Å². The van der Waals surface area contributed by atoms with Gasteiger partial charge in [-0.1, -0.05) is 35.9 Å². The van der Waals surface area contributed by atoms with Gasteiger partial charge >= 0.3 is 0 Å². The fourth-order valence-corrected chi connectivity index (χ4v) is 4.06. The third-order valence-corrected chi connectivity index (χ3v) is 5.57. The highest BCUT2D eigenvalue weighted by Crippen LogP contribution is 2.44. The molecule has 1 fully saturated rings. The van der Waals surface area contributed by atoms with Crippen LogP contribution < -0.4 is 15.2 Å². The highest BCUT2D eigenvalue weighted by Gasteiger charge is 2.29. The summed E-state index contributed by atoms with van der Waals surface area (Å²) >= 11 is 5.98. The molecule has 2 aliphatic rings. The Morgan fingerprint density at radius 1 is 1.15 bits per heavy atom. The molecule has 2 aliphatic heterocycles. The molecule has 0 bridgehead atoms. The average Bonchev–Trinajstić information content (AvgIpc) is 2.68. The van der Waals surface area contributed by atoms with Crippen molar-refractivity contribution in [1.82, 2.24) is 4.90 Å². The number of halogens is 1. The molecule has 1 atom stereocenters. The van der Waals surface area contributed by atoms with Crippen molar-refractivity contribution in [2.24, 2.45) is 5.73 Å². The molecule has 2 aromatic carbocycles. The van der Waals surface area contributed by atoms with E-state index in [1.807, 2.05) is 36.4 Å². The van der Waals surface area contributed by atoms with Crippen molar-refractivity contribution in [1.29, 1.82) is 5.41 Å². The van der Waals surface area contributed by atoms with Gasteiger partial charge in [0.2, 0.25) is 0 Å². The molecule has 142 valence electrons. The lowest BCUT2D eigenvalue weighted by Crippen LogP contribution is -2.39. The van der Waals surface area contributed by atoms with Crippen LogP contribution in [0.2, 0.25) is 5.02 Å². The summed E-state index contributed by atoms with van der Waals surface area (Å²) in [4.78, 5) is 2.24. The van der Waals surface area contributed by atoms with Gasteiger partial charge in [0.25, 0.3) is 0 Å². The Hall–Kier alpha value is -2.24. The van der Waals surface area contributed by atoms with Crippen LogP contribution in [-0.4, -0.2) is 37.0 Å². The molecule has 0 aliphatic carbocycles. The Labute approximate surface area is 164 Å². The molecule has 0 aromatic heterocycles. The van der Waals surface area contributed by atoms with E-state index in [9.17, 15) is 0 Å². The van der Waals surface area contributed by atoms with Crippen LogP contribution in [0.25, 0.3) is 0 Å². The lowest BCUT2D eigenvalue weighted by atomic mass is 9.88. The zero-order chi connectivity index (χ0) is 18.8. The third kappa shape index (κ3) is 4.04. The minimum atomic E-state index is -0.123. The maximum Gasteiger partial charge on any atom is 0.164 e. The molecule has 27 heavy (non-hydrogen) atoms. The summed E-state index contributed by atoms with van der Waals surface area (Å²) in [5.41, 5.74) is 7.82. The number of hydrogen-bond acceptors (Lipinski definition) is 4. The van der Waals surface area contributed by atoms with E-state index in [0.717, 1.165) is 43.0 Å². The number of benzene rings is 2. The van der Waals surface area contributed by atoms with Crippen molar-refractivity contribution < 1.29 is 9.47 Å². The highest BCUT2D eigenvalue weighted by atomic mass is 35.5. The average molecular weight is 386 g/mol. The molecular weight excluding hydrogens is 362 g/mol. The number of fused-ring (bicyclic) bond motifs is 1. The molecular formula is C21H24ClN3O2. The van der Waals surface area contributed by atoms with E-state index < -0.39 is 0 Å². The lowest BCUT2D eigenvalue weighted by Gasteiger charge is -2.34. The minimum absolute atomic E-state index is 0.123. The number of hydrogen-bond donors (Lipinski definition) is 2. The van der Waals surface area contributed by atoms with E-state index in [2.05, 4.69) is 11.0 Å². The quantitative estimate of drug-likeness (QED) is 0.617. The van der Waals surface area contributed by atoms with E-state index >= 15 is 0 Å². The first-order chi connectivity index (χ1) is 13.1. The van der Waals surface area contributed by atoms with Crippen molar-refractivity contribution in [2.75, 3.05) is 26.2 Å². The van der Waals surface area contributed by atoms with Crippen LogP contribution in [0.3, 0.4) is 0 Å². The van der Waals surface area contributed by atoms with Crippen molar-refractivity contribution in [3.63, 3.8) is 0 Å². The molecule has 0 saturated carbocycles. The van der Waals surface area contributed by atoms with Gasteiger partial charge in [-0.15, -0.1) is 0 Å². The number of nitrogens with one attached hydrogen (secondary N) is 1. The molecule has 0 amide bonds. The van der Waals surface area contributed by atoms with E-state index in [1.54, 1.807) is 0 Å². The predicted octanol–water partition coefficient (Wildman–Crippen LogP) is 3.97. The maximum absolute atomic E-state index is 7.46. The Morgan fingerprint density at radius 2 is 1.89 bits per heavy atom. The summed E-state index contributed by atoms with van der Waals surface area (Å²) < 4.78 is 12.4. The number of nitrogens with two attached hydrogens (primary N) is 1. The largest absolute Gasteiger partial charge is 0.485 e. The van der Waals surface area contributed by atoms with Gasteiger partial charge in [0.05, 0.1) is 6.54 Å². The molecule has 3 N–H and O–H groups in total. The summed E-state index contributed by atoms with van der Waals surface area (Å²) in [5.74, 6) is 2.37. The van der Waals surface area contributed by atoms with Gasteiger partial charge in [0, 0.05) is 10.6 Å². The summed E-state index contributed by atoms with van der Waals surface area (Å²) in [6, 6.07) is 13.9. The molecule has 0 radical (unpaired) electrons. The van der Waals surface area contributed by atoms with Gasteiger partial charge in [-0.2, -0.15) is 0 Å². The molecule has 0 spiro atoms. The maximum atomic E-state index is 7.46. The van der Waals surface area contributed by atoms with Gasteiger partial charge in [-0.05, 0) is 55.6 Å². The lowest BCUT2D eigenvalue weighted by molar-refractivity contribution is 0.0890. The monoisotopic (exact) mass is 385 g/mol. The number of likely N-dealkylation sites (tertiary alicyclic amines) is 1. The van der Waals surface area contributed by atoms with Crippen LogP contribution in [0.4, 0.5) is 0 Å². The zero-order valence-electron chi connectivity index (χ0n) is 15.2. The number of ether oxygens (including phenoxy) is 2. The minimum Gasteiger partial charge on any atom is -0.485 e. The Bertz CT molecular complexity index is 817. The SMILES string of the molecule is N=C(N)CN1CCC(c2cccc3c2OCC(c2ccc(Cl)cc2)O3)CC1. The van der Waals surface area contributed by atoms with Crippen molar-refractivity contribution in [2.45, 2.75) is 24.9 Å². The Balaban J connectivity index is 1.48. The first kappa shape index (κ1) is 18.1. The first-order valence-electron chi connectivity index (χ1n) is 9.33. The smallest absolute Gasteiger partial charge is 0.164 e. The summed E-state index contributed by atoms with van der Waals surface area (Å²) in [7, 11) is 0. The summed E-state index contributed by atoms with van der Waals surface area (Å²) in [5, 5.41) is 8.18. The molecule has 6 heteroatoms. The number of rotatable bonds is 4. The van der Waals surface area contributed by atoms with E-state index in [1.165, 1.54) is 5.56 Å². The number of nitrogens with zero attached hydrogens (tertiary/aromatic N) is 1. The van der Waals surface area contributed by atoms with Gasteiger partial charge in [0.15, 0.2) is 17.6 Å². The van der Waals surface area contributed by atoms with Crippen molar-refractivity contribution in [3.05, 3.63) is 58.6 Å². The van der Waals surface area contributed by atoms with Gasteiger partial charge in [-0.25, -0.2) is 0 Å². The fourth-order valence-electron chi connectivity index (χ4n) is 3.93. The Morgan fingerprint density at radius 3 is 2.59 bits per heavy atom. The molecule has 5 nitrogen and oxygen atoms in total. The van der Waals surface area contributed by atoms with Crippen LogP contribution in [0, 0.1) is 5.41 Å². The van der Waals surface area contributed by atoms with Crippen LogP contribution in [-0.2, 0) is 0 Å². The standard InChI is InChI=1S/C21H24ClN3O2/c22-16-6-4-15(5-7-16)19-13-26-21-17(2-1-3-18(21)27-19)14-8-10-25(11-9-14)12-20(23)24/h1-7,14,19H,8-13H2,(H3,23,24). The second-order valence-electron chi connectivity index (χ2n) is 7.22. The van der Waals surface area contributed by atoms with Gasteiger partial charge < -0.3 is 15.2 Å². The summed E-state index contributed by atoms with van der Waals surface area (Å²) in [6.07, 6.45) is 1.95. The van der Waals surface area contributed by atoms with Crippen molar-refractivity contribution in [3.8, 4) is 11.5 Å². The number of amidine groups is 1. The van der Waals surface area contributed by atoms with E-state index in [0.29, 0.717) is 24.1 Å². The predicted molar refractivity (Wildman–Crippen MR) is 107 cm³/mol. The molecule has 1 saturated heterocycles. The van der Waals surface area contributed by atoms with Crippen LogP contribution in [0.1, 0.15) is 36.0 Å². The van der Waals surface area contributed by atoms with E-state index in [-0.39, 0.29) is 11.9 Å². The number of para-hydroxylation sites is 1. The normalized spacial score (nSPS) is 20.4. The molecule has 2 aromatic rings. The first-order valence-corrected chi connectivity index (χ1v) is 9.71. The second-order valence-corrected chi connectivity index (χ2v) is 7.66. The van der Waals surface area contributed by atoms with Crippen molar-refractivity contribution >= 4 is 17.4 Å². The second kappa shape index (κ2) is 7.79. The highest BCUT2D eigenvalue weighted by molar-refractivity contribution is 6.30. The van der Waals surface area contributed by atoms with Crippen LogP contribution in [0.5, 0.6) is 11.5 Å². The molecule has 4 rings (SSSR count). The third-order valence-electron chi connectivity index (χ3n) is 5.32. The zero-order valence-corrected chi connectivity index (χ0v) is 15.9. The van der Waals surface area contributed by atoms with E-state index in [4.69, 9.17) is 32.2 Å². The van der Waals surface area contributed by atoms with Gasteiger partial charge in [-0.3, -0.25) is 10.3 Å². The number of piperidine rings is 1. The Kier molecular flexibility index (Phi) is 5.23. The van der Waals surface area contributed by atoms with Crippen LogP contribution >= 0.6 is 11.6 Å². The molecule has 1 unspecified atom stereocenters. The summed E-state index contributed by atoms with van der Waals surface area (Å²) in [6.45, 7) is 2.95.